The van der Waals surface area contributed by atoms with Crippen molar-refractivity contribution in [3.05, 3.63) is 0 Å². The van der Waals surface area contributed by atoms with E-state index < -0.39 is 0 Å². The molecule has 0 aliphatic heterocycles. The number of esters is 2. The van der Waals surface area contributed by atoms with Crippen LogP contribution < -0.4 is 0 Å². The van der Waals surface area contributed by atoms with Gasteiger partial charge in [-0.05, 0) is 120 Å². The topological polar surface area (TPSA) is 61.8 Å². The number of methoxy groups -OCH3 is 1. The lowest BCUT2D eigenvalue weighted by Gasteiger charge is -2.30. The van der Waals surface area contributed by atoms with Gasteiger partial charge >= 0.3 is 11.9 Å². The summed E-state index contributed by atoms with van der Waals surface area (Å²) < 4.78 is 16.7. The predicted octanol–water partition coefficient (Wildman–Crippen LogP) is 7.25. The average molecular weight is 493 g/mol. The van der Waals surface area contributed by atoms with Crippen LogP contribution in [0.2, 0.25) is 0 Å². The van der Waals surface area contributed by atoms with E-state index in [-0.39, 0.29) is 36.0 Å². The molecule has 0 aromatic heterocycles. The van der Waals surface area contributed by atoms with E-state index in [1.165, 1.54) is 38.5 Å². The molecule has 0 atom stereocenters. The minimum absolute atomic E-state index is 0.0581. The summed E-state index contributed by atoms with van der Waals surface area (Å²) >= 11 is 0. The van der Waals surface area contributed by atoms with Crippen LogP contribution >= 0.6 is 0 Å². The van der Waals surface area contributed by atoms with Crippen LogP contribution in [0, 0.1) is 29.6 Å². The lowest BCUT2D eigenvalue weighted by molar-refractivity contribution is -0.158. The lowest BCUT2D eigenvalue weighted by Crippen LogP contribution is -2.31. The number of ether oxygens (including phenoxy) is 3. The van der Waals surface area contributed by atoms with Gasteiger partial charge in [-0.15, -0.1) is 0 Å². The van der Waals surface area contributed by atoms with Crippen molar-refractivity contribution in [1.82, 2.24) is 0 Å². The average Bonchev–Trinajstić information content (AvgIpc) is 2.87. The first-order valence-corrected chi connectivity index (χ1v) is 14.8. The third kappa shape index (κ3) is 9.70. The molecular weight excluding hydrogens is 440 g/mol. The molecule has 202 valence electrons. The molecule has 4 fully saturated rings. The van der Waals surface area contributed by atoms with Gasteiger partial charge in [0.15, 0.2) is 0 Å². The van der Waals surface area contributed by atoms with Gasteiger partial charge in [0, 0.05) is 7.11 Å². The molecule has 0 bridgehead atoms. The van der Waals surface area contributed by atoms with E-state index in [1.807, 2.05) is 0 Å². The molecule has 0 aromatic carbocycles. The van der Waals surface area contributed by atoms with Crippen LogP contribution in [0.25, 0.3) is 0 Å². The smallest absolute Gasteiger partial charge is 0.309 e. The van der Waals surface area contributed by atoms with Crippen LogP contribution in [0.15, 0.2) is 0 Å². The molecule has 0 saturated heterocycles. The highest BCUT2D eigenvalue weighted by atomic mass is 16.5. The van der Waals surface area contributed by atoms with Gasteiger partial charge in [0.1, 0.15) is 12.2 Å². The number of carbonyl (C=O) groups is 2. The largest absolute Gasteiger partial charge is 0.462 e. The zero-order valence-electron chi connectivity index (χ0n) is 23.0. The molecule has 4 aliphatic carbocycles. The SMILES string of the molecule is CC1CCC(OC(=O)C2CCC(C)CC2)CC1.COC1CCC(OC(=O)C2CCC(C)CC2)CC1. The first-order valence-electron chi connectivity index (χ1n) is 14.8. The number of hydrogen-bond acceptors (Lipinski definition) is 5. The molecule has 0 amide bonds. The van der Waals surface area contributed by atoms with E-state index in [2.05, 4.69) is 20.8 Å². The third-order valence-electron chi connectivity index (χ3n) is 9.18. The molecule has 0 N–H and O–H groups in total. The Hall–Kier alpha value is -1.10. The summed E-state index contributed by atoms with van der Waals surface area (Å²) in [5, 5.41) is 0. The fourth-order valence-corrected chi connectivity index (χ4v) is 6.25. The second kappa shape index (κ2) is 14.6. The fraction of sp³-hybridized carbons (Fsp3) is 0.933. The summed E-state index contributed by atoms with van der Waals surface area (Å²) in [7, 11) is 1.76. The Labute approximate surface area is 214 Å². The van der Waals surface area contributed by atoms with Crippen LogP contribution in [-0.4, -0.2) is 37.4 Å². The Morgan fingerprint density at radius 2 is 0.743 bits per heavy atom. The quantitative estimate of drug-likeness (QED) is 0.378. The van der Waals surface area contributed by atoms with E-state index in [0.717, 1.165) is 82.0 Å². The summed E-state index contributed by atoms with van der Waals surface area (Å²) in [4.78, 5) is 24.1. The molecule has 5 nitrogen and oxygen atoms in total. The molecule has 4 saturated carbocycles. The minimum atomic E-state index is 0.0581. The minimum Gasteiger partial charge on any atom is -0.462 e. The molecule has 5 heteroatoms. The second-order valence-corrected chi connectivity index (χ2v) is 12.3. The maximum absolute atomic E-state index is 12.1. The summed E-state index contributed by atoms with van der Waals surface area (Å²) in [6.45, 7) is 6.85. The summed E-state index contributed by atoms with van der Waals surface area (Å²) in [5.41, 5.74) is 0. The molecule has 0 spiro atoms. The van der Waals surface area contributed by atoms with Crippen molar-refractivity contribution in [3.8, 4) is 0 Å². The van der Waals surface area contributed by atoms with Crippen molar-refractivity contribution in [3.63, 3.8) is 0 Å². The van der Waals surface area contributed by atoms with Crippen molar-refractivity contribution >= 4 is 11.9 Å². The molecule has 0 unspecified atom stereocenters. The zero-order chi connectivity index (χ0) is 25.2. The van der Waals surface area contributed by atoms with E-state index in [9.17, 15) is 9.59 Å². The molecule has 4 rings (SSSR count). The van der Waals surface area contributed by atoms with E-state index >= 15 is 0 Å². The third-order valence-corrected chi connectivity index (χ3v) is 9.18. The van der Waals surface area contributed by atoms with Gasteiger partial charge in [-0.25, -0.2) is 0 Å². The molecule has 0 aromatic rings. The Balaban J connectivity index is 0.000000196. The standard InChI is InChI=1S/C15H26O3.C15H26O2/c1-11-3-5-12(6-4-11)15(16)18-14-9-7-13(17-2)8-10-14;1-11-3-7-13(8-4-11)15(16)17-14-9-5-12(2)6-10-14/h11-14H,3-10H2,1-2H3;11-14H,3-10H2,1-2H3. The van der Waals surface area contributed by atoms with Gasteiger partial charge in [0.2, 0.25) is 0 Å². The van der Waals surface area contributed by atoms with Crippen LogP contribution in [0.5, 0.6) is 0 Å². The summed E-state index contributed by atoms with van der Waals surface area (Å²) in [5.74, 6) is 2.92. The maximum Gasteiger partial charge on any atom is 0.309 e. The van der Waals surface area contributed by atoms with Gasteiger partial charge in [-0.2, -0.15) is 0 Å². The van der Waals surface area contributed by atoms with Crippen molar-refractivity contribution in [1.29, 1.82) is 0 Å². The van der Waals surface area contributed by atoms with Gasteiger partial charge in [-0.1, -0.05) is 20.8 Å². The molecular formula is C30H52O5. The summed E-state index contributed by atoms with van der Waals surface area (Å²) in [6.07, 6.45) is 18.2. The number of hydrogen-bond donors (Lipinski definition) is 0. The molecule has 4 aliphatic rings. The Bertz CT molecular complexity index is 617. The van der Waals surface area contributed by atoms with E-state index in [4.69, 9.17) is 14.2 Å². The van der Waals surface area contributed by atoms with Crippen LogP contribution in [0.4, 0.5) is 0 Å². The van der Waals surface area contributed by atoms with Crippen molar-refractivity contribution < 1.29 is 23.8 Å². The number of rotatable bonds is 5. The zero-order valence-corrected chi connectivity index (χ0v) is 23.0. The van der Waals surface area contributed by atoms with Crippen molar-refractivity contribution in [2.75, 3.05) is 7.11 Å². The molecule has 0 radical (unpaired) electrons. The van der Waals surface area contributed by atoms with Gasteiger partial charge in [0.25, 0.3) is 0 Å². The Kier molecular flexibility index (Phi) is 11.9. The fourth-order valence-electron chi connectivity index (χ4n) is 6.25. The normalized spacial score (nSPS) is 37.9. The summed E-state index contributed by atoms with van der Waals surface area (Å²) in [6, 6.07) is 0. The van der Waals surface area contributed by atoms with Crippen LogP contribution in [-0.2, 0) is 23.8 Å². The highest BCUT2D eigenvalue weighted by molar-refractivity contribution is 5.73. The predicted molar refractivity (Wildman–Crippen MR) is 139 cm³/mol. The second-order valence-electron chi connectivity index (χ2n) is 12.3. The Morgan fingerprint density at radius 1 is 0.457 bits per heavy atom. The molecule has 0 heterocycles. The van der Waals surface area contributed by atoms with E-state index in [0.29, 0.717) is 6.10 Å². The van der Waals surface area contributed by atoms with Gasteiger partial charge in [0.05, 0.1) is 17.9 Å². The van der Waals surface area contributed by atoms with E-state index in [1.54, 1.807) is 7.11 Å². The maximum atomic E-state index is 12.1. The van der Waals surface area contributed by atoms with Gasteiger partial charge < -0.3 is 14.2 Å². The molecule has 35 heavy (non-hydrogen) atoms. The van der Waals surface area contributed by atoms with Gasteiger partial charge in [-0.3, -0.25) is 9.59 Å². The van der Waals surface area contributed by atoms with Crippen LogP contribution in [0.1, 0.15) is 124 Å². The first kappa shape index (κ1) is 28.5. The Morgan fingerprint density at radius 3 is 1.09 bits per heavy atom. The highest BCUT2D eigenvalue weighted by Gasteiger charge is 2.30. The van der Waals surface area contributed by atoms with Crippen molar-refractivity contribution in [2.24, 2.45) is 29.6 Å². The lowest BCUT2D eigenvalue weighted by atomic mass is 9.83. The van der Waals surface area contributed by atoms with Crippen LogP contribution in [0.3, 0.4) is 0 Å². The van der Waals surface area contributed by atoms with Crippen molar-refractivity contribution in [2.45, 2.75) is 142 Å². The first-order chi connectivity index (χ1) is 16.8. The highest BCUT2D eigenvalue weighted by Crippen LogP contribution is 2.32. The number of carbonyl (C=O) groups excluding carboxylic acids is 2. The monoisotopic (exact) mass is 492 g/mol.